The van der Waals surface area contributed by atoms with Crippen molar-refractivity contribution in [3.63, 3.8) is 0 Å². The molecule has 3 aromatic rings. The second kappa shape index (κ2) is 9.40. The first-order valence-electron chi connectivity index (χ1n) is 10.3. The van der Waals surface area contributed by atoms with E-state index in [1.54, 1.807) is 18.3 Å². The van der Waals surface area contributed by atoms with Gasteiger partial charge in [0.25, 0.3) is 5.56 Å². The van der Waals surface area contributed by atoms with E-state index in [1.165, 1.54) is 4.57 Å². The number of anilines is 1. The molecule has 0 aliphatic carbocycles. The van der Waals surface area contributed by atoms with Gasteiger partial charge in [0, 0.05) is 38.8 Å². The van der Waals surface area contributed by atoms with Gasteiger partial charge in [0.2, 0.25) is 5.91 Å². The van der Waals surface area contributed by atoms with Gasteiger partial charge in [-0.1, -0.05) is 18.2 Å². The van der Waals surface area contributed by atoms with Crippen LogP contribution in [0.4, 0.5) is 5.82 Å². The molecule has 31 heavy (non-hydrogen) atoms. The number of nitrogens with zero attached hydrogens (tertiary/aromatic N) is 3. The summed E-state index contributed by atoms with van der Waals surface area (Å²) in [5, 5.41) is 3.43. The molecule has 1 atom stereocenters. The maximum absolute atomic E-state index is 12.6. The van der Waals surface area contributed by atoms with Gasteiger partial charge in [-0.05, 0) is 42.9 Å². The Morgan fingerprint density at radius 3 is 2.94 bits per heavy atom. The van der Waals surface area contributed by atoms with Gasteiger partial charge in [0.05, 0.1) is 23.6 Å². The van der Waals surface area contributed by atoms with E-state index in [2.05, 4.69) is 27.1 Å². The number of morpholine rings is 1. The molecule has 1 saturated heterocycles. The zero-order valence-corrected chi connectivity index (χ0v) is 18.2. The molecule has 3 heterocycles. The molecule has 4 rings (SSSR count). The zero-order chi connectivity index (χ0) is 21.8. The van der Waals surface area contributed by atoms with E-state index in [-0.39, 0.29) is 30.5 Å². The molecule has 0 bridgehead atoms. The molecule has 1 unspecified atom stereocenters. The van der Waals surface area contributed by atoms with Crippen LogP contribution in [0.5, 0.6) is 0 Å². The van der Waals surface area contributed by atoms with Crippen molar-refractivity contribution < 1.29 is 9.53 Å². The van der Waals surface area contributed by atoms with Crippen molar-refractivity contribution in [2.45, 2.75) is 32.5 Å². The predicted octanol–water partition coefficient (Wildman–Crippen LogP) is 2.39. The maximum atomic E-state index is 12.6. The molecule has 1 aliphatic heterocycles. The lowest BCUT2D eigenvalue weighted by Gasteiger charge is -2.32. The normalized spacial score (nSPS) is 16.4. The van der Waals surface area contributed by atoms with Crippen molar-refractivity contribution in [2.24, 2.45) is 0 Å². The Morgan fingerprint density at radius 1 is 1.32 bits per heavy atom. The number of para-hydroxylation sites is 1. The summed E-state index contributed by atoms with van der Waals surface area (Å²) in [6, 6.07) is 11.1. The molecule has 0 spiro atoms. The smallest absolute Gasteiger partial charge is 0.262 e. The quantitative estimate of drug-likeness (QED) is 0.573. The number of amides is 1. The molecule has 1 fully saturated rings. The molecule has 8 nitrogen and oxygen atoms in total. The number of pyridine rings is 1. The van der Waals surface area contributed by atoms with Crippen molar-refractivity contribution in [1.29, 1.82) is 0 Å². The lowest BCUT2D eigenvalue weighted by Crippen LogP contribution is -2.41. The van der Waals surface area contributed by atoms with Crippen molar-refractivity contribution >= 4 is 34.8 Å². The van der Waals surface area contributed by atoms with Crippen LogP contribution in [-0.2, 0) is 22.6 Å². The van der Waals surface area contributed by atoms with E-state index in [0.717, 1.165) is 24.5 Å². The Hall–Kier alpha value is -3.04. The number of benzene rings is 1. The van der Waals surface area contributed by atoms with E-state index in [9.17, 15) is 9.59 Å². The summed E-state index contributed by atoms with van der Waals surface area (Å²) in [5.74, 6) is 0.760. The minimum Gasteiger partial charge on any atom is -0.375 e. The van der Waals surface area contributed by atoms with Gasteiger partial charge in [-0.25, -0.2) is 4.98 Å². The summed E-state index contributed by atoms with van der Waals surface area (Å²) in [7, 11) is 0. The van der Waals surface area contributed by atoms with Gasteiger partial charge in [0.1, 0.15) is 5.82 Å². The third-order valence-electron chi connectivity index (χ3n) is 5.32. The zero-order valence-electron chi connectivity index (χ0n) is 17.3. The number of ether oxygens (including phenoxy) is 1. The average Bonchev–Trinajstić information content (AvgIpc) is 2.78. The molecule has 0 saturated carbocycles. The number of nitrogens with one attached hydrogen (secondary N) is 2. The summed E-state index contributed by atoms with van der Waals surface area (Å²) >= 11 is 5.29. The predicted molar refractivity (Wildman–Crippen MR) is 122 cm³/mol. The number of hydrogen-bond donors (Lipinski definition) is 2. The van der Waals surface area contributed by atoms with Crippen LogP contribution in [0.15, 0.2) is 47.4 Å². The van der Waals surface area contributed by atoms with Gasteiger partial charge < -0.3 is 19.9 Å². The van der Waals surface area contributed by atoms with Crippen molar-refractivity contribution in [1.82, 2.24) is 19.9 Å². The Balaban J connectivity index is 1.32. The first-order chi connectivity index (χ1) is 15.0. The van der Waals surface area contributed by atoms with Gasteiger partial charge in [-0.15, -0.1) is 0 Å². The molecule has 9 heteroatoms. The van der Waals surface area contributed by atoms with Crippen LogP contribution in [0.1, 0.15) is 18.9 Å². The third kappa shape index (κ3) is 5.00. The standard InChI is InChI=1S/C22H25N5O3S/c1-15-14-26(10-11-30-15)19-7-6-16(12-23-19)13-24-20(28)8-9-27-21(29)17-4-2-3-5-18(17)25-22(27)31/h2-7,12,15H,8-11,13-14H2,1H3,(H,24,28)(H,25,31). The molecule has 1 aliphatic rings. The van der Waals surface area contributed by atoms with Crippen LogP contribution >= 0.6 is 12.2 Å². The summed E-state index contributed by atoms with van der Waals surface area (Å²) in [6.45, 7) is 4.99. The Kier molecular flexibility index (Phi) is 6.43. The summed E-state index contributed by atoms with van der Waals surface area (Å²) in [6.07, 6.45) is 2.13. The number of H-pyrrole nitrogens is 1. The van der Waals surface area contributed by atoms with Crippen molar-refractivity contribution in [2.75, 3.05) is 24.6 Å². The lowest BCUT2D eigenvalue weighted by atomic mass is 10.2. The highest BCUT2D eigenvalue weighted by Crippen LogP contribution is 2.15. The molecule has 162 valence electrons. The van der Waals surface area contributed by atoms with Crippen LogP contribution in [0.2, 0.25) is 0 Å². The molecule has 1 aromatic carbocycles. The van der Waals surface area contributed by atoms with Crippen LogP contribution in [0.3, 0.4) is 0 Å². The Bertz CT molecular complexity index is 1190. The second-order valence-corrected chi connectivity index (χ2v) is 8.00. The van der Waals surface area contributed by atoms with Gasteiger partial charge in [-0.3, -0.25) is 14.2 Å². The highest BCUT2D eigenvalue weighted by Gasteiger charge is 2.17. The fourth-order valence-electron chi connectivity index (χ4n) is 3.64. The van der Waals surface area contributed by atoms with Crippen LogP contribution < -0.4 is 15.8 Å². The minimum atomic E-state index is -0.190. The Morgan fingerprint density at radius 2 is 2.16 bits per heavy atom. The third-order valence-corrected chi connectivity index (χ3v) is 5.64. The number of aromatic amines is 1. The number of rotatable bonds is 6. The molecule has 1 amide bonds. The number of aromatic nitrogens is 3. The molecule has 2 N–H and O–H groups in total. The summed E-state index contributed by atoms with van der Waals surface area (Å²) < 4.78 is 7.30. The van der Waals surface area contributed by atoms with E-state index < -0.39 is 0 Å². The minimum absolute atomic E-state index is 0.152. The molecule has 2 aromatic heterocycles. The number of carbonyl (C=O) groups is 1. The SMILES string of the molecule is CC1CN(c2ccc(CNC(=O)CCn3c(=S)[nH]c4ccccc4c3=O)cn2)CCO1. The second-order valence-electron chi connectivity index (χ2n) is 7.61. The van der Waals surface area contributed by atoms with Crippen LogP contribution in [0.25, 0.3) is 10.9 Å². The first-order valence-corrected chi connectivity index (χ1v) is 10.7. The van der Waals surface area contributed by atoms with E-state index in [0.29, 0.717) is 28.8 Å². The van der Waals surface area contributed by atoms with Gasteiger partial charge in [0.15, 0.2) is 4.77 Å². The largest absolute Gasteiger partial charge is 0.375 e. The fraction of sp³-hybridized carbons (Fsp3) is 0.364. The van der Waals surface area contributed by atoms with Crippen molar-refractivity contribution in [3.05, 3.63) is 63.3 Å². The fourth-order valence-corrected chi connectivity index (χ4v) is 3.92. The highest BCUT2D eigenvalue weighted by molar-refractivity contribution is 7.71. The number of fused-ring (bicyclic) bond motifs is 1. The lowest BCUT2D eigenvalue weighted by molar-refractivity contribution is -0.121. The first kappa shape index (κ1) is 21.2. The van der Waals surface area contributed by atoms with Gasteiger partial charge in [-0.2, -0.15) is 0 Å². The monoisotopic (exact) mass is 439 g/mol. The van der Waals surface area contributed by atoms with E-state index in [4.69, 9.17) is 17.0 Å². The molecular weight excluding hydrogens is 414 g/mol. The molecular formula is C22H25N5O3S. The molecule has 0 radical (unpaired) electrons. The number of hydrogen-bond acceptors (Lipinski definition) is 6. The highest BCUT2D eigenvalue weighted by atomic mass is 32.1. The van der Waals surface area contributed by atoms with E-state index in [1.807, 2.05) is 24.3 Å². The van der Waals surface area contributed by atoms with E-state index >= 15 is 0 Å². The summed E-state index contributed by atoms with van der Waals surface area (Å²) in [5.41, 5.74) is 1.42. The topological polar surface area (TPSA) is 92.2 Å². The summed E-state index contributed by atoms with van der Waals surface area (Å²) in [4.78, 5) is 34.7. The van der Waals surface area contributed by atoms with Gasteiger partial charge >= 0.3 is 0 Å². The Labute approximate surface area is 184 Å². The number of carbonyl (C=O) groups excluding carboxylic acids is 1. The van der Waals surface area contributed by atoms with Crippen LogP contribution in [0, 0.1) is 4.77 Å². The maximum Gasteiger partial charge on any atom is 0.262 e. The average molecular weight is 440 g/mol. The van der Waals surface area contributed by atoms with Crippen molar-refractivity contribution in [3.8, 4) is 0 Å². The van der Waals surface area contributed by atoms with Crippen LogP contribution in [-0.4, -0.2) is 46.2 Å².